The molecule has 2 N–H and O–H groups in total. The molecule has 2 bridgehead atoms. The molecule has 1 spiro atoms. The van der Waals surface area contributed by atoms with Gasteiger partial charge in [-0.1, -0.05) is 44.2 Å². The van der Waals surface area contributed by atoms with Gasteiger partial charge in [-0.3, -0.25) is 24.2 Å². The lowest BCUT2D eigenvalue weighted by atomic mass is 9.47. The van der Waals surface area contributed by atoms with Crippen LogP contribution in [0.5, 0.6) is 5.75 Å². The van der Waals surface area contributed by atoms with Crippen molar-refractivity contribution in [3.63, 3.8) is 0 Å². The molecule has 4 fully saturated rings. The van der Waals surface area contributed by atoms with E-state index in [9.17, 15) is 19.5 Å². The van der Waals surface area contributed by atoms with Crippen LogP contribution in [0, 0.1) is 11.3 Å². The number of para-hydroxylation sites is 1. The largest absolute Gasteiger partial charge is 0.496 e. The van der Waals surface area contributed by atoms with Crippen molar-refractivity contribution in [2.45, 2.75) is 99.2 Å². The molecule has 3 saturated heterocycles. The molecule has 1 saturated carbocycles. The molecule has 14 heteroatoms. The molecule has 6 unspecified atom stereocenters. The zero-order chi connectivity index (χ0) is 42.1. The molecular weight excluding hydrogens is 769 g/mol. The van der Waals surface area contributed by atoms with E-state index in [2.05, 4.69) is 27.8 Å². The maximum Gasteiger partial charge on any atom is 0.344 e. The van der Waals surface area contributed by atoms with Crippen LogP contribution in [-0.4, -0.2) is 134 Å². The van der Waals surface area contributed by atoms with Crippen molar-refractivity contribution in [1.82, 2.24) is 14.8 Å². The van der Waals surface area contributed by atoms with E-state index in [1.54, 1.807) is 13.2 Å². The Morgan fingerprint density at radius 2 is 1.80 bits per heavy atom. The first-order valence-corrected chi connectivity index (χ1v) is 21.3. The first kappa shape index (κ1) is 39.4. The smallest absolute Gasteiger partial charge is 0.344 e. The number of amides is 1. The summed E-state index contributed by atoms with van der Waals surface area (Å²) in [5, 5.41) is 14.3. The number of epoxide rings is 1. The number of aromatic nitrogens is 1. The third kappa shape index (κ3) is 4.73. The lowest BCUT2D eigenvalue weighted by Crippen LogP contribution is -2.81. The summed E-state index contributed by atoms with van der Waals surface area (Å²) in [5.41, 5.74) is -2.15. The van der Waals surface area contributed by atoms with E-state index in [-0.39, 0.29) is 17.6 Å². The van der Waals surface area contributed by atoms with Gasteiger partial charge in [0.1, 0.15) is 16.8 Å². The first-order chi connectivity index (χ1) is 28.9. The van der Waals surface area contributed by atoms with Gasteiger partial charge in [0.2, 0.25) is 12.0 Å². The quantitative estimate of drug-likeness (QED) is 0.112. The molecule has 7 heterocycles. The second-order valence-electron chi connectivity index (χ2n) is 18.2. The lowest BCUT2D eigenvalue weighted by Gasteiger charge is -2.63. The van der Waals surface area contributed by atoms with Crippen LogP contribution in [-0.2, 0) is 55.4 Å². The summed E-state index contributed by atoms with van der Waals surface area (Å²) in [6, 6.07) is 10.2. The molecule has 2 aromatic carbocycles. The Labute approximate surface area is 349 Å². The number of methoxy groups -OCH3 is 3. The highest BCUT2D eigenvalue weighted by molar-refractivity contribution is 5.96. The average Bonchev–Trinajstić information content (AvgIpc) is 3.53. The van der Waals surface area contributed by atoms with Gasteiger partial charge in [-0.05, 0) is 61.9 Å². The van der Waals surface area contributed by atoms with Crippen LogP contribution in [0.3, 0.4) is 0 Å². The Morgan fingerprint density at radius 3 is 2.50 bits per heavy atom. The minimum absolute atomic E-state index is 0.0585. The number of fused-ring (bicyclic) bond motifs is 8. The number of rotatable bonds is 8. The maximum absolute atomic E-state index is 15.4. The van der Waals surface area contributed by atoms with Crippen molar-refractivity contribution in [2.75, 3.05) is 59.0 Å². The second kappa shape index (κ2) is 13.4. The van der Waals surface area contributed by atoms with E-state index < -0.39 is 57.9 Å². The molecule has 14 nitrogen and oxygen atoms in total. The molecular formula is C46H54N4O10. The zero-order valence-electron chi connectivity index (χ0n) is 35.1. The summed E-state index contributed by atoms with van der Waals surface area (Å²) < 4.78 is 30.4. The Hall–Kier alpha value is -4.76. The number of carbonyl (C=O) groups excluding carboxylic acids is 4. The summed E-state index contributed by atoms with van der Waals surface area (Å²) in [4.78, 5) is 66.5. The van der Waals surface area contributed by atoms with E-state index in [4.69, 9.17) is 23.7 Å². The van der Waals surface area contributed by atoms with Gasteiger partial charge >= 0.3 is 17.9 Å². The van der Waals surface area contributed by atoms with Gasteiger partial charge in [-0.2, -0.15) is 0 Å². The highest BCUT2D eigenvalue weighted by Gasteiger charge is 2.81. The van der Waals surface area contributed by atoms with E-state index in [0.717, 1.165) is 48.2 Å². The SMILES string of the molecule is CC[C@@]12CN3CCc4c([nH]c5ccccc45)[C@@](C(=O)OC)(c4cc5c(cc4OC)N(C=O)C4[C@@](O)(C(=O)OC)C(OC(C)=O)[C@]6(CC)C=CCN7CC[C@]54C76)CC(C3)C1O2. The van der Waals surface area contributed by atoms with Crippen molar-refractivity contribution in [3.05, 3.63) is 70.9 Å². The Bertz CT molecular complexity index is 2360. The van der Waals surface area contributed by atoms with Gasteiger partial charge in [-0.25, -0.2) is 4.79 Å². The Balaban J connectivity index is 1.29. The fourth-order valence-corrected chi connectivity index (χ4v) is 13.7. The molecule has 10 rings (SSSR count). The number of aromatic amines is 1. The molecule has 3 aromatic rings. The summed E-state index contributed by atoms with van der Waals surface area (Å²) in [6.07, 6.45) is 5.84. The van der Waals surface area contributed by atoms with Crippen molar-refractivity contribution >= 4 is 40.9 Å². The predicted molar refractivity (Wildman–Crippen MR) is 219 cm³/mol. The van der Waals surface area contributed by atoms with Crippen LogP contribution in [0.2, 0.25) is 0 Å². The predicted octanol–water partition coefficient (Wildman–Crippen LogP) is 3.53. The fraction of sp³-hybridized carbons (Fsp3) is 0.565. The minimum Gasteiger partial charge on any atom is -0.496 e. The Morgan fingerprint density at radius 1 is 1.02 bits per heavy atom. The number of benzene rings is 2. The lowest BCUT2D eigenvalue weighted by molar-refractivity contribution is -0.228. The number of piperidine rings is 1. The highest BCUT2D eigenvalue weighted by Crippen LogP contribution is 2.68. The number of hydrogen-bond donors (Lipinski definition) is 2. The number of carbonyl (C=O) groups is 4. The second-order valence-corrected chi connectivity index (χ2v) is 18.2. The molecule has 1 aromatic heterocycles. The van der Waals surface area contributed by atoms with E-state index in [1.807, 2.05) is 43.3 Å². The van der Waals surface area contributed by atoms with Gasteiger partial charge in [0.05, 0.1) is 39.2 Å². The number of aliphatic hydroxyl groups is 1. The fourth-order valence-electron chi connectivity index (χ4n) is 13.7. The van der Waals surface area contributed by atoms with E-state index in [0.29, 0.717) is 67.7 Å². The molecule has 1 amide bonds. The van der Waals surface area contributed by atoms with Crippen molar-refractivity contribution in [2.24, 2.45) is 11.3 Å². The van der Waals surface area contributed by atoms with E-state index in [1.165, 1.54) is 26.0 Å². The number of anilines is 1. The van der Waals surface area contributed by atoms with Crippen LogP contribution in [0.4, 0.5) is 5.69 Å². The third-order valence-electron chi connectivity index (χ3n) is 15.9. The van der Waals surface area contributed by atoms with Crippen molar-refractivity contribution in [1.29, 1.82) is 0 Å². The molecule has 60 heavy (non-hydrogen) atoms. The Kier molecular flexibility index (Phi) is 8.77. The molecule has 7 aliphatic rings. The van der Waals surface area contributed by atoms with Gasteiger partial charge in [-0.15, -0.1) is 0 Å². The van der Waals surface area contributed by atoms with Gasteiger partial charge in [0.15, 0.2) is 6.10 Å². The number of hydrogen-bond acceptors (Lipinski definition) is 12. The number of esters is 3. The van der Waals surface area contributed by atoms with Crippen LogP contribution in [0.15, 0.2) is 48.6 Å². The van der Waals surface area contributed by atoms with Crippen LogP contribution in [0.25, 0.3) is 10.9 Å². The van der Waals surface area contributed by atoms with Crippen LogP contribution >= 0.6 is 0 Å². The summed E-state index contributed by atoms with van der Waals surface area (Å²) in [5.74, 6) is -1.87. The zero-order valence-corrected chi connectivity index (χ0v) is 35.1. The maximum atomic E-state index is 15.4. The number of nitrogens with zero attached hydrogens (tertiary/aromatic N) is 3. The van der Waals surface area contributed by atoms with Crippen molar-refractivity contribution in [3.8, 4) is 5.75 Å². The highest BCUT2D eigenvalue weighted by atomic mass is 16.6. The monoisotopic (exact) mass is 822 g/mol. The van der Waals surface area contributed by atoms with Gasteiger partial charge < -0.3 is 38.7 Å². The normalized spacial score (nSPS) is 38.2. The molecule has 1 aliphatic carbocycles. The first-order valence-electron chi connectivity index (χ1n) is 21.3. The van der Waals surface area contributed by atoms with Gasteiger partial charge in [0, 0.05) is 84.1 Å². The third-order valence-corrected chi connectivity index (χ3v) is 15.9. The standard InChI is InChI=1S/C46H54N4O10/c1-7-42-15-11-17-49-19-16-44(37(42)49)30-20-31(34(56-4)21-33(30)50(25-51)38(44)46(55,41(54)58-6)39(42)59-26(3)52)45(40(53)57-5)22-27-23-48(24-43(8-2)36(27)60-43)18-14-29-28-12-9-10-13-32(28)47-35(29)45/h9-13,15,20-21,25,27,36-39,47,55H,7-8,14,16-19,22-24H2,1-6H3/t27?,36?,37?,38?,39?,42-,43-,44-,45+,46+/m1/s1. The molecule has 6 aliphatic heterocycles. The minimum atomic E-state index is -2.52. The van der Waals surface area contributed by atoms with Crippen LogP contribution < -0.4 is 9.64 Å². The van der Waals surface area contributed by atoms with E-state index >= 15 is 4.79 Å². The molecule has 0 radical (unpaired) electrons. The molecule has 11 atom stereocenters. The van der Waals surface area contributed by atoms with Crippen molar-refractivity contribution < 1.29 is 48.0 Å². The number of ether oxygens (including phenoxy) is 5. The summed E-state index contributed by atoms with van der Waals surface area (Å²) in [7, 11) is 4.15. The number of H-pyrrole nitrogens is 1. The summed E-state index contributed by atoms with van der Waals surface area (Å²) in [6.45, 7) is 8.86. The molecule has 318 valence electrons. The van der Waals surface area contributed by atoms with Crippen LogP contribution in [0.1, 0.15) is 68.8 Å². The topological polar surface area (TPSA) is 163 Å². The average molecular weight is 823 g/mol. The number of nitrogens with one attached hydrogen (secondary N) is 1. The van der Waals surface area contributed by atoms with Gasteiger partial charge in [0.25, 0.3) is 0 Å². The summed E-state index contributed by atoms with van der Waals surface area (Å²) >= 11 is 0.